The van der Waals surface area contributed by atoms with Gasteiger partial charge in [-0.15, -0.1) is 0 Å². The molecule has 42 heavy (non-hydrogen) atoms. The molecule has 2 aromatic carbocycles. The molecule has 0 unspecified atom stereocenters. The zero-order valence-corrected chi connectivity index (χ0v) is 25.0. The van der Waals surface area contributed by atoms with E-state index in [4.69, 9.17) is 50.3 Å². The minimum Gasteiger partial charge on any atom is -0.870 e. The van der Waals surface area contributed by atoms with E-state index in [9.17, 15) is 10.2 Å². The van der Waals surface area contributed by atoms with Gasteiger partial charge in [0.1, 0.15) is 22.6 Å². The van der Waals surface area contributed by atoms with Crippen LogP contribution in [0.3, 0.4) is 0 Å². The van der Waals surface area contributed by atoms with Gasteiger partial charge >= 0.3 is 17.1 Å². The Morgan fingerprint density at radius 3 is 1.10 bits per heavy atom. The molecule has 0 saturated carbocycles. The van der Waals surface area contributed by atoms with E-state index in [-0.39, 0.29) is 56.7 Å². The molecular formula is C26H42MnN2O13. The number of hydrogen-bond acceptors (Lipinski definition) is 14. The Morgan fingerprint density at radius 1 is 0.619 bits per heavy atom. The predicted molar refractivity (Wildman–Crippen MR) is 148 cm³/mol. The van der Waals surface area contributed by atoms with Gasteiger partial charge in [-0.05, 0) is 23.3 Å². The summed E-state index contributed by atoms with van der Waals surface area (Å²) >= 11 is 0. The molecule has 16 heteroatoms. The molecule has 0 spiro atoms. The molecule has 0 amide bonds. The first kappa shape index (κ1) is 46.1. The molecule has 0 aliphatic rings. The van der Waals surface area contributed by atoms with Crippen LogP contribution in [0.4, 0.5) is 0 Å². The molecule has 0 heterocycles. The number of ether oxygens (including phenoxy) is 2. The number of aliphatic imine (C=N–C) groups is 2. The van der Waals surface area contributed by atoms with Crippen LogP contribution in [0, 0.1) is 0 Å². The molecule has 0 aliphatic heterocycles. The molecule has 0 bridgehead atoms. The quantitative estimate of drug-likeness (QED) is 0.0815. The summed E-state index contributed by atoms with van der Waals surface area (Å²) in [6, 6.07) is 9.37. The smallest absolute Gasteiger partial charge is 0.870 e. The SMILES string of the molecule is CO.CO.COc1cccc(C=NC(CO)(CO)CO)c1[O-].COc1cccc(C=NC(CO)(CO)CO)c1[O-].O.[Mn+2]. The van der Waals surface area contributed by atoms with Gasteiger partial charge in [0.05, 0.1) is 53.9 Å². The van der Waals surface area contributed by atoms with E-state index in [2.05, 4.69) is 9.98 Å². The van der Waals surface area contributed by atoms with Gasteiger partial charge in [-0.25, -0.2) is 0 Å². The minimum atomic E-state index is -1.38. The maximum absolute atomic E-state index is 11.8. The van der Waals surface area contributed by atoms with Crippen LogP contribution in [-0.2, 0) is 17.1 Å². The molecule has 0 fully saturated rings. The van der Waals surface area contributed by atoms with Crippen LogP contribution >= 0.6 is 0 Å². The van der Waals surface area contributed by atoms with Crippen molar-refractivity contribution in [1.82, 2.24) is 0 Å². The Kier molecular flexibility index (Phi) is 28.3. The van der Waals surface area contributed by atoms with E-state index in [1.165, 1.54) is 50.9 Å². The number of methoxy groups -OCH3 is 2. The number of hydrogen-bond donors (Lipinski definition) is 8. The van der Waals surface area contributed by atoms with Crippen LogP contribution in [0.1, 0.15) is 11.1 Å². The van der Waals surface area contributed by atoms with E-state index < -0.39 is 50.7 Å². The van der Waals surface area contributed by atoms with Crippen molar-refractivity contribution in [2.75, 3.05) is 68.1 Å². The summed E-state index contributed by atoms with van der Waals surface area (Å²) in [4.78, 5) is 7.77. The van der Waals surface area contributed by atoms with Gasteiger partial charge in [0.25, 0.3) is 0 Å². The molecule has 2 rings (SSSR count). The van der Waals surface area contributed by atoms with Gasteiger partial charge in [0.2, 0.25) is 0 Å². The Labute approximate surface area is 255 Å². The van der Waals surface area contributed by atoms with E-state index in [0.717, 1.165) is 14.2 Å². The van der Waals surface area contributed by atoms with E-state index in [1.807, 2.05) is 0 Å². The fourth-order valence-corrected chi connectivity index (χ4v) is 2.55. The first-order chi connectivity index (χ1) is 19.2. The number of aliphatic hydroxyl groups excluding tert-OH is 8. The second-order valence-corrected chi connectivity index (χ2v) is 7.67. The van der Waals surface area contributed by atoms with Crippen molar-refractivity contribution in [2.24, 2.45) is 9.98 Å². The summed E-state index contributed by atoms with van der Waals surface area (Å²) in [6.07, 6.45) is 2.43. The van der Waals surface area contributed by atoms with Crippen molar-refractivity contribution >= 4 is 12.4 Å². The van der Waals surface area contributed by atoms with Crippen LogP contribution in [0.5, 0.6) is 23.0 Å². The van der Waals surface area contributed by atoms with Crippen LogP contribution in [0.25, 0.3) is 0 Å². The number of benzene rings is 2. The largest absolute Gasteiger partial charge is 2.00 e. The standard InChI is InChI=1S/2C12H17NO5.2CH4O.Mn.H2O/c2*1-18-10-4-2-3-9(11(10)17)5-13-12(6-14,7-15)8-16;2*1-2;;/h2*2-5,14-17H,6-8H2,1H3;2*2H,1H3;;1H2/q;;;;+2;/p-2. The fraction of sp³-hybridized carbons (Fsp3) is 0.462. The average molecular weight is 646 g/mol. The van der Waals surface area contributed by atoms with Gasteiger partial charge in [-0.2, -0.15) is 0 Å². The number of para-hydroxylation sites is 2. The Morgan fingerprint density at radius 2 is 0.881 bits per heavy atom. The number of rotatable bonds is 12. The van der Waals surface area contributed by atoms with Crippen molar-refractivity contribution in [3.05, 3.63) is 47.5 Å². The molecular weight excluding hydrogens is 603 g/mol. The van der Waals surface area contributed by atoms with Crippen LogP contribution in [-0.4, -0.2) is 138 Å². The normalized spacial score (nSPS) is 10.6. The van der Waals surface area contributed by atoms with Gasteiger partial charge in [-0.3, -0.25) is 9.98 Å². The van der Waals surface area contributed by atoms with Gasteiger partial charge in [0, 0.05) is 26.6 Å². The summed E-state index contributed by atoms with van der Waals surface area (Å²) in [5.74, 6) is -0.318. The van der Waals surface area contributed by atoms with Crippen LogP contribution in [0.2, 0.25) is 0 Å². The molecule has 2 aromatic rings. The summed E-state index contributed by atoms with van der Waals surface area (Å²) in [6.45, 7) is -3.12. The van der Waals surface area contributed by atoms with Crippen molar-refractivity contribution in [3.63, 3.8) is 0 Å². The van der Waals surface area contributed by atoms with Gasteiger partial charge < -0.3 is 66.0 Å². The maximum Gasteiger partial charge on any atom is 2.00 e. The molecule has 10 N–H and O–H groups in total. The molecule has 0 saturated heterocycles. The number of aliphatic hydroxyl groups is 8. The first-order valence-corrected chi connectivity index (χ1v) is 11.6. The molecule has 1 radical (unpaired) electrons. The minimum absolute atomic E-state index is 0. The Bertz CT molecular complexity index is 906. The molecule has 0 aliphatic carbocycles. The molecule has 15 nitrogen and oxygen atoms in total. The third-order valence-corrected chi connectivity index (χ3v) is 5.18. The maximum atomic E-state index is 11.8. The third kappa shape index (κ3) is 13.9. The Balaban J connectivity index is -0.000000294. The summed E-state index contributed by atoms with van der Waals surface area (Å²) < 4.78 is 9.75. The van der Waals surface area contributed by atoms with Crippen molar-refractivity contribution in [2.45, 2.75) is 11.1 Å². The topological polar surface area (TPSA) is 283 Å². The van der Waals surface area contributed by atoms with Crippen molar-refractivity contribution in [1.29, 1.82) is 0 Å². The zero-order chi connectivity index (χ0) is 31.2. The molecule has 0 atom stereocenters. The monoisotopic (exact) mass is 645 g/mol. The zero-order valence-electron chi connectivity index (χ0n) is 23.8. The Hall–Kier alpha value is -2.86. The summed E-state index contributed by atoms with van der Waals surface area (Å²) in [7, 11) is 4.77. The predicted octanol–water partition coefficient (Wildman–Crippen LogP) is -3.80. The van der Waals surface area contributed by atoms with E-state index >= 15 is 0 Å². The third-order valence-electron chi connectivity index (χ3n) is 5.18. The summed E-state index contributed by atoms with van der Waals surface area (Å²) in [5, 5.41) is 92.1. The van der Waals surface area contributed by atoms with Crippen LogP contribution < -0.4 is 19.7 Å². The second-order valence-electron chi connectivity index (χ2n) is 7.67. The van der Waals surface area contributed by atoms with Gasteiger partial charge in [-0.1, -0.05) is 35.8 Å². The van der Waals surface area contributed by atoms with Gasteiger partial charge in [0.15, 0.2) is 0 Å². The van der Waals surface area contributed by atoms with Crippen LogP contribution in [0.15, 0.2) is 46.4 Å². The second kappa shape index (κ2) is 25.8. The first-order valence-electron chi connectivity index (χ1n) is 11.6. The molecule has 241 valence electrons. The van der Waals surface area contributed by atoms with E-state index in [1.54, 1.807) is 12.1 Å². The van der Waals surface area contributed by atoms with Crippen molar-refractivity contribution < 1.29 is 83.1 Å². The number of nitrogens with zero attached hydrogens (tertiary/aromatic N) is 2. The van der Waals surface area contributed by atoms with E-state index in [0.29, 0.717) is 0 Å². The fourth-order valence-electron chi connectivity index (χ4n) is 2.55. The van der Waals surface area contributed by atoms with Crippen molar-refractivity contribution in [3.8, 4) is 23.0 Å². The average Bonchev–Trinajstić information content (AvgIpc) is 3.02. The summed E-state index contributed by atoms with van der Waals surface area (Å²) in [5.41, 5.74) is -2.24. The molecule has 0 aromatic heterocycles.